The molecule has 1 aliphatic rings. The zero-order chi connectivity index (χ0) is 37.2. The maximum absolute atomic E-state index is 5.49. The molecule has 11 rings (SSSR count). The standard InChI is InChI=1S/C53H37N3/c1-2-56-48-24-14-13-23-47(48)55-52(56)38-31-27-36(28-32-38)35-25-29-37(30-26-35)51-50-42(41-19-10-12-22-46(41)54-51)33-34-45-49(50)43-20-9-11-21-44(43)53(45,39-15-5-3-6-16-39)40-17-7-4-8-18-40/h3-34H,2H2,1H3. The minimum Gasteiger partial charge on any atom is -0.324 e. The van der Waals surface area contributed by atoms with E-state index in [9.17, 15) is 0 Å². The van der Waals surface area contributed by atoms with Crippen molar-refractivity contribution >= 4 is 32.7 Å². The van der Waals surface area contributed by atoms with Crippen LogP contribution in [-0.4, -0.2) is 14.5 Å². The van der Waals surface area contributed by atoms with Gasteiger partial charge < -0.3 is 4.57 Å². The van der Waals surface area contributed by atoms with Crippen LogP contribution >= 0.6 is 0 Å². The zero-order valence-corrected chi connectivity index (χ0v) is 31.0. The molecule has 1 aliphatic carbocycles. The molecule has 0 saturated carbocycles. The molecule has 0 amide bonds. The van der Waals surface area contributed by atoms with Gasteiger partial charge in [0, 0.05) is 28.4 Å². The highest BCUT2D eigenvalue weighted by atomic mass is 15.1. The summed E-state index contributed by atoms with van der Waals surface area (Å²) in [6.07, 6.45) is 0. The molecule has 0 atom stereocenters. The molecule has 2 aromatic heterocycles. The summed E-state index contributed by atoms with van der Waals surface area (Å²) in [6.45, 7) is 3.04. The Hall–Kier alpha value is -7.10. The van der Waals surface area contributed by atoms with Gasteiger partial charge in [0.05, 0.1) is 27.7 Å². The normalized spacial score (nSPS) is 12.9. The summed E-state index contributed by atoms with van der Waals surface area (Å²) in [5.74, 6) is 1.00. The lowest BCUT2D eigenvalue weighted by Crippen LogP contribution is -2.28. The van der Waals surface area contributed by atoms with Gasteiger partial charge in [-0.05, 0) is 75.0 Å². The molecule has 0 bridgehead atoms. The van der Waals surface area contributed by atoms with Gasteiger partial charge in [0.25, 0.3) is 0 Å². The first kappa shape index (κ1) is 32.3. The van der Waals surface area contributed by atoms with E-state index < -0.39 is 5.41 Å². The Balaban J connectivity index is 1.10. The minimum atomic E-state index is -0.484. The van der Waals surface area contributed by atoms with Crippen LogP contribution in [0.3, 0.4) is 0 Å². The van der Waals surface area contributed by atoms with Crippen LogP contribution in [0.1, 0.15) is 29.2 Å². The molecule has 10 aromatic rings. The SMILES string of the molecule is CCn1c(-c2ccc(-c3ccc(-c4nc5ccccc5c5ccc6c(c45)-c4ccccc4C6(c4ccccc4)c4ccccc4)cc3)cc2)nc2ccccc21. The predicted octanol–water partition coefficient (Wildman–Crippen LogP) is 13.1. The molecule has 0 aliphatic heterocycles. The van der Waals surface area contributed by atoms with Crippen LogP contribution in [0.25, 0.3) is 77.6 Å². The number of imidazole rings is 1. The van der Waals surface area contributed by atoms with Crippen LogP contribution in [0.4, 0.5) is 0 Å². The number of benzene rings is 8. The predicted molar refractivity (Wildman–Crippen MR) is 232 cm³/mol. The average molecular weight is 716 g/mol. The van der Waals surface area contributed by atoms with Gasteiger partial charge in [0.1, 0.15) is 5.82 Å². The van der Waals surface area contributed by atoms with Crippen LogP contribution < -0.4 is 0 Å². The number of fused-ring (bicyclic) bond motifs is 8. The highest BCUT2D eigenvalue weighted by Crippen LogP contribution is 2.58. The maximum Gasteiger partial charge on any atom is 0.141 e. The van der Waals surface area contributed by atoms with Gasteiger partial charge in [-0.3, -0.25) is 0 Å². The number of pyridine rings is 1. The largest absolute Gasteiger partial charge is 0.324 e. The first-order valence-electron chi connectivity index (χ1n) is 19.5. The number of para-hydroxylation sites is 3. The first-order valence-corrected chi connectivity index (χ1v) is 19.5. The van der Waals surface area contributed by atoms with Crippen LogP contribution in [0.15, 0.2) is 194 Å². The molecule has 3 heteroatoms. The van der Waals surface area contributed by atoms with Gasteiger partial charge in [-0.2, -0.15) is 0 Å². The number of hydrogen-bond donors (Lipinski definition) is 0. The van der Waals surface area contributed by atoms with Crippen molar-refractivity contribution in [2.45, 2.75) is 18.9 Å². The Morgan fingerprint density at radius 2 is 1.02 bits per heavy atom. The van der Waals surface area contributed by atoms with E-state index in [1.165, 1.54) is 55.2 Å². The molecule has 2 heterocycles. The molecule has 3 nitrogen and oxygen atoms in total. The molecule has 0 saturated heterocycles. The van der Waals surface area contributed by atoms with Gasteiger partial charge in [0.2, 0.25) is 0 Å². The summed E-state index contributed by atoms with van der Waals surface area (Å²) in [5, 5.41) is 3.57. The monoisotopic (exact) mass is 715 g/mol. The van der Waals surface area contributed by atoms with Crippen LogP contribution in [0.5, 0.6) is 0 Å². The van der Waals surface area contributed by atoms with E-state index in [2.05, 4.69) is 206 Å². The summed E-state index contributed by atoms with van der Waals surface area (Å²) in [4.78, 5) is 10.5. The smallest absolute Gasteiger partial charge is 0.141 e. The van der Waals surface area contributed by atoms with Crippen molar-refractivity contribution in [3.8, 4) is 44.9 Å². The molecule has 0 fully saturated rings. The van der Waals surface area contributed by atoms with E-state index in [4.69, 9.17) is 9.97 Å². The average Bonchev–Trinajstić information content (AvgIpc) is 3.81. The number of hydrogen-bond acceptors (Lipinski definition) is 2. The van der Waals surface area contributed by atoms with Gasteiger partial charge in [-0.25, -0.2) is 9.97 Å². The van der Waals surface area contributed by atoms with Gasteiger partial charge >= 0.3 is 0 Å². The highest BCUT2D eigenvalue weighted by Gasteiger charge is 2.47. The Bertz CT molecular complexity index is 3050. The van der Waals surface area contributed by atoms with E-state index in [0.29, 0.717) is 0 Å². The van der Waals surface area contributed by atoms with Crippen LogP contribution in [0.2, 0.25) is 0 Å². The molecule has 8 aromatic carbocycles. The second-order valence-electron chi connectivity index (χ2n) is 14.7. The molecule has 0 spiro atoms. The van der Waals surface area contributed by atoms with Gasteiger partial charge in [-0.15, -0.1) is 0 Å². The Morgan fingerprint density at radius 1 is 0.446 bits per heavy atom. The minimum absolute atomic E-state index is 0.484. The van der Waals surface area contributed by atoms with E-state index in [-0.39, 0.29) is 0 Å². The summed E-state index contributed by atoms with van der Waals surface area (Å²) in [5.41, 5.74) is 15.9. The molecule has 0 N–H and O–H groups in total. The summed E-state index contributed by atoms with van der Waals surface area (Å²) in [6, 6.07) is 70.5. The van der Waals surface area contributed by atoms with Crippen molar-refractivity contribution in [3.63, 3.8) is 0 Å². The molecule has 264 valence electrons. The van der Waals surface area contributed by atoms with Gasteiger partial charge in [0.15, 0.2) is 0 Å². The lowest BCUT2D eigenvalue weighted by atomic mass is 9.67. The van der Waals surface area contributed by atoms with Crippen molar-refractivity contribution in [1.29, 1.82) is 0 Å². The van der Waals surface area contributed by atoms with Crippen molar-refractivity contribution in [1.82, 2.24) is 14.5 Å². The number of aryl methyl sites for hydroxylation is 1. The summed E-state index contributed by atoms with van der Waals surface area (Å²) in [7, 11) is 0. The fraction of sp³-hybridized carbons (Fsp3) is 0.0566. The first-order chi connectivity index (χ1) is 27.7. The second-order valence-corrected chi connectivity index (χ2v) is 14.7. The molecular weight excluding hydrogens is 679 g/mol. The number of nitrogens with zero attached hydrogens (tertiary/aromatic N) is 3. The Labute approximate surface area is 326 Å². The lowest BCUT2D eigenvalue weighted by molar-refractivity contribution is 0.769. The topological polar surface area (TPSA) is 30.7 Å². The van der Waals surface area contributed by atoms with Crippen molar-refractivity contribution in [3.05, 3.63) is 216 Å². The maximum atomic E-state index is 5.49. The van der Waals surface area contributed by atoms with Gasteiger partial charge in [-0.1, -0.05) is 176 Å². The fourth-order valence-corrected chi connectivity index (χ4v) is 9.44. The lowest BCUT2D eigenvalue weighted by Gasteiger charge is -2.34. The third-order valence-corrected chi connectivity index (χ3v) is 11.9. The van der Waals surface area contributed by atoms with Crippen molar-refractivity contribution in [2.24, 2.45) is 0 Å². The summed E-state index contributed by atoms with van der Waals surface area (Å²) >= 11 is 0. The Kier molecular flexibility index (Phi) is 7.36. The summed E-state index contributed by atoms with van der Waals surface area (Å²) < 4.78 is 2.29. The van der Waals surface area contributed by atoms with Crippen LogP contribution in [0, 0.1) is 0 Å². The molecule has 0 unspecified atom stereocenters. The molecule has 56 heavy (non-hydrogen) atoms. The van der Waals surface area contributed by atoms with E-state index in [1.54, 1.807) is 0 Å². The third-order valence-electron chi connectivity index (χ3n) is 11.9. The fourth-order valence-electron chi connectivity index (χ4n) is 9.44. The molecule has 0 radical (unpaired) electrons. The van der Waals surface area contributed by atoms with E-state index >= 15 is 0 Å². The zero-order valence-electron chi connectivity index (χ0n) is 31.0. The third kappa shape index (κ3) is 4.71. The van der Waals surface area contributed by atoms with Crippen molar-refractivity contribution in [2.75, 3.05) is 0 Å². The number of rotatable bonds is 6. The quantitative estimate of drug-likeness (QED) is 0.161. The Morgan fingerprint density at radius 3 is 1.71 bits per heavy atom. The highest BCUT2D eigenvalue weighted by molar-refractivity contribution is 6.18. The second kappa shape index (κ2) is 12.8. The van der Waals surface area contributed by atoms with Crippen LogP contribution in [-0.2, 0) is 12.0 Å². The number of aromatic nitrogens is 3. The molecular formula is C53H37N3. The van der Waals surface area contributed by atoms with Crippen molar-refractivity contribution < 1.29 is 0 Å². The van der Waals surface area contributed by atoms with E-state index in [0.717, 1.165) is 51.2 Å². The van der Waals surface area contributed by atoms with E-state index in [1.807, 2.05) is 0 Å².